The van der Waals surface area contributed by atoms with Gasteiger partial charge in [-0.1, -0.05) is 17.7 Å². The van der Waals surface area contributed by atoms with Crippen LogP contribution in [0.15, 0.2) is 18.2 Å². The number of halogens is 1. The predicted molar refractivity (Wildman–Crippen MR) is 74.0 cm³/mol. The Morgan fingerprint density at radius 1 is 1.47 bits per heavy atom. The molecule has 4 unspecified atom stereocenters. The van der Waals surface area contributed by atoms with E-state index >= 15 is 0 Å². The van der Waals surface area contributed by atoms with Gasteiger partial charge in [0.1, 0.15) is 6.07 Å². The molecule has 1 saturated carbocycles. The topological polar surface area (TPSA) is 71.1 Å². The van der Waals surface area contributed by atoms with E-state index in [1.807, 2.05) is 12.1 Å². The first-order valence-corrected chi connectivity index (χ1v) is 6.92. The van der Waals surface area contributed by atoms with E-state index in [0.29, 0.717) is 16.5 Å². The van der Waals surface area contributed by atoms with Gasteiger partial charge in [-0.2, -0.15) is 5.26 Å². The molecule has 1 aliphatic carbocycles. The van der Waals surface area contributed by atoms with Crippen LogP contribution in [0.5, 0.6) is 0 Å². The molecule has 3 N–H and O–H groups in total. The molecular weight excluding hydrogens is 262 g/mol. The minimum absolute atomic E-state index is 0.0656. The van der Waals surface area contributed by atoms with Crippen molar-refractivity contribution in [3.63, 3.8) is 0 Å². The second kappa shape index (κ2) is 5.01. The Morgan fingerprint density at radius 2 is 2.32 bits per heavy atom. The van der Waals surface area contributed by atoms with Crippen molar-refractivity contribution in [3.05, 3.63) is 28.8 Å². The van der Waals surface area contributed by atoms with Gasteiger partial charge in [-0.05, 0) is 25.0 Å². The van der Waals surface area contributed by atoms with Crippen LogP contribution in [0.1, 0.15) is 18.4 Å². The first-order chi connectivity index (χ1) is 9.22. The van der Waals surface area contributed by atoms with Gasteiger partial charge in [0.05, 0.1) is 28.4 Å². The van der Waals surface area contributed by atoms with Gasteiger partial charge >= 0.3 is 0 Å². The van der Waals surface area contributed by atoms with Crippen LogP contribution in [-0.2, 0) is 4.74 Å². The minimum Gasteiger partial charge on any atom is -0.377 e. The summed E-state index contributed by atoms with van der Waals surface area (Å²) in [5.74, 6) is 0.441. The third kappa shape index (κ3) is 2.08. The quantitative estimate of drug-likeness (QED) is 0.869. The summed E-state index contributed by atoms with van der Waals surface area (Å²) in [5, 5.41) is 13.0. The summed E-state index contributed by atoms with van der Waals surface area (Å²) in [6.07, 6.45) is 2.38. The second-order valence-electron chi connectivity index (χ2n) is 5.16. The van der Waals surface area contributed by atoms with Gasteiger partial charge < -0.3 is 15.8 Å². The summed E-state index contributed by atoms with van der Waals surface area (Å²) >= 11 is 6.02. The van der Waals surface area contributed by atoms with Crippen molar-refractivity contribution in [2.45, 2.75) is 31.0 Å². The SMILES string of the molecule is N#Cc1c(Cl)cccc1NC1C(N)C2CCCOC21. The van der Waals surface area contributed by atoms with Crippen molar-refractivity contribution in [3.8, 4) is 6.07 Å². The van der Waals surface area contributed by atoms with Crippen LogP contribution in [0.2, 0.25) is 5.02 Å². The molecule has 0 radical (unpaired) electrons. The molecule has 1 saturated heterocycles. The smallest absolute Gasteiger partial charge is 0.103 e. The number of benzene rings is 1. The number of nitriles is 1. The van der Waals surface area contributed by atoms with Gasteiger partial charge in [-0.3, -0.25) is 0 Å². The number of rotatable bonds is 2. The van der Waals surface area contributed by atoms with Crippen LogP contribution in [-0.4, -0.2) is 24.8 Å². The Bertz CT molecular complexity index is 528. The van der Waals surface area contributed by atoms with Gasteiger partial charge in [-0.15, -0.1) is 0 Å². The minimum atomic E-state index is 0.0656. The van der Waals surface area contributed by atoms with E-state index in [1.54, 1.807) is 6.07 Å². The number of fused-ring (bicyclic) bond motifs is 1. The van der Waals surface area contributed by atoms with Gasteiger partial charge in [0, 0.05) is 18.6 Å². The first kappa shape index (κ1) is 12.7. The highest BCUT2D eigenvalue weighted by Crippen LogP contribution is 2.39. The molecule has 0 spiro atoms. The third-order valence-electron chi connectivity index (χ3n) is 4.12. The molecular formula is C14H16ClN3O. The van der Waals surface area contributed by atoms with Crippen LogP contribution >= 0.6 is 11.6 Å². The maximum Gasteiger partial charge on any atom is 0.103 e. The van der Waals surface area contributed by atoms with E-state index in [9.17, 15) is 0 Å². The standard InChI is InChI=1S/C14H16ClN3O/c15-10-4-1-5-11(9(10)7-16)18-13-12(17)8-3-2-6-19-14(8)13/h1,4-5,8,12-14,18H,2-3,6,17H2. The summed E-state index contributed by atoms with van der Waals surface area (Å²) in [6, 6.07) is 7.67. The molecule has 1 aromatic rings. The monoisotopic (exact) mass is 277 g/mol. The zero-order valence-electron chi connectivity index (χ0n) is 10.5. The van der Waals surface area contributed by atoms with E-state index in [4.69, 9.17) is 27.3 Å². The lowest BCUT2D eigenvalue weighted by molar-refractivity contribution is -0.104. The number of nitrogens with one attached hydrogen (secondary N) is 1. The Morgan fingerprint density at radius 3 is 3.11 bits per heavy atom. The number of anilines is 1. The van der Waals surface area contributed by atoms with E-state index in [-0.39, 0.29) is 18.2 Å². The average molecular weight is 278 g/mol. The van der Waals surface area contributed by atoms with Crippen LogP contribution in [0, 0.1) is 17.2 Å². The molecule has 0 bridgehead atoms. The molecule has 1 aliphatic heterocycles. The number of ether oxygens (including phenoxy) is 1. The summed E-state index contributed by atoms with van der Waals surface area (Å²) in [7, 11) is 0. The fourth-order valence-electron chi connectivity index (χ4n) is 3.06. The summed E-state index contributed by atoms with van der Waals surface area (Å²) < 4.78 is 5.78. The molecule has 5 heteroatoms. The number of nitrogens with two attached hydrogens (primary N) is 1. The summed E-state index contributed by atoms with van der Waals surface area (Å²) in [6.45, 7) is 0.798. The highest BCUT2D eigenvalue weighted by Gasteiger charge is 2.50. The molecule has 1 aromatic carbocycles. The second-order valence-corrected chi connectivity index (χ2v) is 5.57. The largest absolute Gasteiger partial charge is 0.377 e. The molecule has 1 heterocycles. The highest BCUT2D eigenvalue weighted by atomic mass is 35.5. The first-order valence-electron chi connectivity index (χ1n) is 6.54. The zero-order chi connectivity index (χ0) is 13.4. The maximum atomic E-state index is 9.16. The van der Waals surface area contributed by atoms with Crippen molar-refractivity contribution in [2.24, 2.45) is 11.7 Å². The summed E-state index contributed by atoms with van der Waals surface area (Å²) in [4.78, 5) is 0. The molecule has 2 fully saturated rings. The predicted octanol–water partition coefficient (Wildman–Crippen LogP) is 2.13. The fourth-order valence-corrected chi connectivity index (χ4v) is 3.28. The molecule has 0 aromatic heterocycles. The molecule has 0 amide bonds. The number of hydrogen-bond donors (Lipinski definition) is 2. The Hall–Kier alpha value is -1.28. The molecule has 19 heavy (non-hydrogen) atoms. The number of hydrogen-bond acceptors (Lipinski definition) is 4. The van der Waals surface area contributed by atoms with Crippen LogP contribution in [0.4, 0.5) is 5.69 Å². The van der Waals surface area contributed by atoms with Crippen molar-refractivity contribution >= 4 is 17.3 Å². The van der Waals surface area contributed by atoms with E-state index < -0.39 is 0 Å². The number of nitrogens with zero attached hydrogens (tertiary/aromatic N) is 1. The lowest BCUT2D eigenvalue weighted by Gasteiger charge is -2.52. The molecule has 4 atom stereocenters. The molecule has 2 aliphatic rings. The lowest BCUT2D eigenvalue weighted by atomic mass is 9.68. The van der Waals surface area contributed by atoms with E-state index in [2.05, 4.69) is 11.4 Å². The fraction of sp³-hybridized carbons (Fsp3) is 0.500. The van der Waals surface area contributed by atoms with Gasteiger partial charge in [0.25, 0.3) is 0 Å². The van der Waals surface area contributed by atoms with E-state index in [0.717, 1.165) is 25.1 Å². The molecule has 100 valence electrons. The van der Waals surface area contributed by atoms with Crippen LogP contribution in [0.3, 0.4) is 0 Å². The van der Waals surface area contributed by atoms with E-state index in [1.165, 1.54) is 0 Å². The summed E-state index contributed by atoms with van der Waals surface area (Å²) in [5.41, 5.74) is 7.40. The van der Waals surface area contributed by atoms with Crippen molar-refractivity contribution in [1.82, 2.24) is 0 Å². The van der Waals surface area contributed by atoms with Gasteiger partial charge in [-0.25, -0.2) is 0 Å². The average Bonchev–Trinajstić information content (AvgIpc) is 2.44. The lowest BCUT2D eigenvalue weighted by Crippen LogP contribution is -2.69. The zero-order valence-corrected chi connectivity index (χ0v) is 11.2. The molecule has 4 nitrogen and oxygen atoms in total. The maximum absolute atomic E-state index is 9.16. The van der Waals surface area contributed by atoms with Gasteiger partial charge in [0.2, 0.25) is 0 Å². The highest BCUT2D eigenvalue weighted by molar-refractivity contribution is 6.32. The van der Waals surface area contributed by atoms with Crippen molar-refractivity contribution in [1.29, 1.82) is 5.26 Å². The Balaban J connectivity index is 1.79. The van der Waals surface area contributed by atoms with Crippen molar-refractivity contribution in [2.75, 3.05) is 11.9 Å². The van der Waals surface area contributed by atoms with Gasteiger partial charge in [0.15, 0.2) is 0 Å². The normalized spacial score (nSPS) is 32.9. The Kier molecular flexibility index (Phi) is 3.36. The van der Waals surface area contributed by atoms with Crippen molar-refractivity contribution < 1.29 is 4.74 Å². The Labute approximate surface area is 117 Å². The molecule has 3 rings (SSSR count). The van der Waals surface area contributed by atoms with Crippen LogP contribution in [0.25, 0.3) is 0 Å². The van der Waals surface area contributed by atoms with Crippen LogP contribution < -0.4 is 11.1 Å². The third-order valence-corrected chi connectivity index (χ3v) is 4.44.